The number of pyridine rings is 1. The van der Waals surface area contributed by atoms with E-state index >= 15 is 0 Å². The average Bonchev–Trinajstić information content (AvgIpc) is 3.14. The first-order valence-electron chi connectivity index (χ1n) is 19.0. The van der Waals surface area contributed by atoms with E-state index in [0.29, 0.717) is 70.9 Å². The molecular formula is C40H53BN7O9+. The fourth-order valence-electron chi connectivity index (χ4n) is 7.38. The number of carboxylic acids is 3. The molecule has 0 aliphatic carbocycles. The zero-order valence-electron chi connectivity index (χ0n) is 32.8. The molecule has 1 fully saturated rings. The number of carbonyl (C=O) groups excluding carboxylic acids is 1. The normalized spacial score (nSPS) is 15.7. The SMILES string of the molecule is CN(C)Cc1c(B(O)O)cccc1-[n+]1cc2ccccc2c2cc(CN(C)C(=O)CN3CCN(CC(=O)O)CCN(CC(=O)O)CCN(CC(=O)O)CC3)ccc21. The van der Waals surface area contributed by atoms with Crippen LogP contribution in [-0.2, 0) is 32.3 Å². The highest BCUT2D eigenvalue weighted by Gasteiger charge is 2.27. The standard InChI is InChI=1S/C40H52BN7O9/c1-42(2)24-33-34(41(56)57)9-6-10-35(33)48-23-30-7-4-5-8-31(30)32-21-29(11-12-36(32)48)22-43(3)37(49)25-44-13-15-45(26-38(50)51)17-19-47(28-40(54)55)20-18-46(16-14-44)27-39(52)53/h4-12,21,23,56-57H,13-20,22,24-28H2,1-3H3,(H2-,50,51,52,53,54,55)/p+1. The second kappa shape index (κ2) is 19.9. The van der Waals surface area contributed by atoms with Crippen molar-refractivity contribution in [3.05, 3.63) is 78.0 Å². The minimum Gasteiger partial charge on any atom is -0.480 e. The molecule has 0 radical (unpaired) electrons. The number of hydrogen-bond acceptors (Lipinski definition) is 11. The second-order valence-electron chi connectivity index (χ2n) is 14.9. The van der Waals surface area contributed by atoms with E-state index in [0.717, 1.165) is 38.5 Å². The van der Waals surface area contributed by atoms with Gasteiger partial charge in [0.15, 0.2) is 6.20 Å². The van der Waals surface area contributed by atoms with E-state index in [1.54, 1.807) is 32.7 Å². The largest absolute Gasteiger partial charge is 0.489 e. The van der Waals surface area contributed by atoms with Crippen molar-refractivity contribution in [3.63, 3.8) is 0 Å². The Bertz CT molecular complexity index is 2040. The van der Waals surface area contributed by atoms with Crippen LogP contribution in [0.5, 0.6) is 0 Å². The van der Waals surface area contributed by atoms with Crippen LogP contribution in [-0.4, -0.2) is 185 Å². The van der Waals surface area contributed by atoms with Gasteiger partial charge in [0.05, 0.1) is 31.6 Å². The van der Waals surface area contributed by atoms with E-state index in [1.165, 1.54) is 0 Å². The van der Waals surface area contributed by atoms with Crippen LogP contribution in [0.15, 0.2) is 66.9 Å². The lowest BCUT2D eigenvalue weighted by atomic mass is 9.76. The smallest absolute Gasteiger partial charge is 0.480 e. The minimum atomic E-state index is -1.64. The molecule has 17 heteroatoms. The van der Waals surface area contributed by atoms with Crippen LogP contribution in [0.3, 0.4) is 0 Å². The molecule has 4 aromatic rings. The van der Waals surface area contributed by atoms with Gasteiger partial charge in [-0.2, -0.15) is 4.57 Å². The molecule has 0 bridgehead atoms. The Labute approximate surface area is 332 Å². The van der Waals surface area contributed by atoms with E-state index in [9.17, 15) is 44.5 Å². The Hall–Kier alpha value is -5.01. The number of aromatic nitrogens is 1. The van der Waals surface area contributed by atoms with Gasteiger partial charge in [-0.25, -0.2) is 0 Å². The van der Waals surface area contributed by atoms with Crippen molar-refractivity contribution in [3.8, 4) is 5.69 Å². The van der Waals surface area contributed by atoms with Crippen molar-refractivity contribution in [1.82, 2.24) is 29.4 Å². The van der Waals surface area contributed by atoms with Gasteiger partial charge in [-0.05, 0) is 37.3 Å². The van der Waals surface area contributed by atoms with E-state index in [2.05, 4.69) is 16.7 Å². The van der Waals surface area contributed by atoms with Crippen molar-refractivity contribution in [2.24, 2.45) is 0 Å². The predicted octanol–water partition coefficient (Wildman–Crippen LogP) is -0.555. The van der Waals surface area contributed by atoms with Crippen molar-refractivity contribution in [2.75, 3.05) is 99.7 Å². The fraction of sp³-hybridized carbons (Fsp3) is 0.425. The van der Waals surface area contributed by atoms with E-state index in [4.69, 9.17) is 0 Å². The molecule has 0 atom stereocenters. The van der Waals surface area contributed by atoms with Crippen LogP contribution in [0.1, 0.15) is 11.1 Å². The van der Waals surface area contributed by atoms with Gasteiger partial charge < -0.3 is 35.2 Å². The molecule has 304 valence electrons. The first-order chi connectivity index (χ1) is 27.2. The summed E-state index contributed by atoms with van der Waals surface area (Å²) in [7, 11) is 3.95. The zero-order valence-corrected chi connectivity index (χ0v) is 32.8. The highest BCUT2D eigenvalue weighted by atomic mass is 16.4. The zero-order chi connectivity index (χ0) is 41.2. The Morgan fingerprint density at radius 2 is 1.18 bits per heavy atom. The number of likely N-dealkylation sites (N-methyl/N-ethyl adjacent to an activating group) is 1. The molecular weight excluding hydrogens is 733 g/mol. The van der Waals surface area contributed by atoms with Crippen molar-refractivity contribution < 1.29 is 49.1 Å². The molecule has 1 aliphatic heterocycles. The lowest BCUT2D eigenvalue weighted by molar-refractivity contribution is -0.566. The first kappa shape index (κ1) is 43.1. The maximum atomic E-state index is 13.8. The maximum absolute atomic E-state index is 13.8. The van der Waals surface area contributed by atoms with Crippen molar-refractivity contribution in [2.45, 2.75) is 13.1 Å². The minimum absolute atomic E-state index is 0.0294. The van der Waals surface area contributed by atoms with Crippen molar-refractivity contribution >= 4 is 58.1 Å². The topological polar surface area (TPSA) is 193 Å². The summed E-state index contributed by atoms with van der Waals surface area (Å²) in [4.78, 5) is 59.4. The molecule has 1 amide bonds. The average molecular weight is 787 g/mol. The first-order valence-corrected chi connectivity index (χ1v) is 19.0. The van der Waals surface area contributed by atoms with Gasteiger partial charge in [-0.15, -0.1) is 0 Å². The number of aliphatic carboxylic acids is 3. The summed E-state index contributed by atoms with van der Waals surface area (Å²) < 4.78 is 2.07. The van der Waals surface area contributed by atoms with Gasteiger partial charge in [0.1, 0.15) is 0 Å². The third-order valence-electron chi connectivity index (χ3n) is 10.3. The Morgan fingerprint density at radius 3 is 1.68 bits per heavy atom. The van der Waals surface area contributed by atoms with Gasteiger partial charge in [0, 0.05) is 101 Å². The molecule has 3 aromatic carbocycles. The molecule has 16 nitrogen and oxygen atoms in total. The Morgan fingerprint density at radius 1 is 0.649 bits per heavy atom. The van der Waals surface area contributed by atoms with Crippen molar-refractivity contribution in [1.29, 1.82) is 0 Å². The summed E-state index contributed by atoms with van der Waals surface area (Å²) in [6.45, 7) is 2.58. The summed E-state index contributed by atoms with van der Waals surface area (Å²) in [6.07, 6.45) is 2.05. The third kappa shape index (κ3) is 12.0. The molecule has 0 unspecified atom stereocenters. The Kier molecular flexibility index (Phi) is 15.1. The lowest BCUT2D eigenvalue weighted by Crippen LogP contribution is -2.49. The molecule has 1 saturated heterocycles. The molecule has 2 heterocycles. The number of rotatable bonds is 14. The van der Waals surface area contributed by atoms with Gasteiger partial charge in [0.25, 0.3) is 0 Å². The van der Waals surface area contributed by atoms with Gasteiger partial charge in [0.2, 0.25) is 17.1 Å². The summed E-state index contributed by atoms with van der Waals surface area (Å²) in [6, 6.07) is 19.6. The monoisotopic (exact) mass is 786 g/mol. The molecule has 5 rings (SSSR count). The summed E-state index contributed by atoms with van der Waals surface area (Å²) in [5, 5.41) is 52.0. The predicted molar refractivity (Wildman–Crippen MR) is 215 cm³/mol. The number of hydrogen-bond donors (Lipinski definition) is 5. The summed E-state index contributed by atoms with van der Waals surface area (Å²) >= 11 is 0. The fourth-order valence-corrected chi connectivity index (χ4v) is 7.38. The number of carbonyl (C=O) groups is 4. The number of carboxylic acid groups (broad SMARTS) is 3. The Balaban J connectivity index is 1.39. The molecule has 57 heavy (non-hydrogen) atoms. The lowest BCUT2D eigenvalue weighted by Gasteiger charge is -2.33. The van der Waals surface area contributed by atoms with Crippen LogP contribution >= 0.6 is 0 Å². The third-order valence-corrected chi connectivity index (χ3v) is 10.3. The molecule has 0 saturated carbocycles. The number of benzene rings is 3. The number of amides is 1. The number of nitrogens with zero attached hydrogens (tertiary/aromatic N) is 7. The van der Waals surface area contributed by atoms with Gasteiger partial charge in [-0.1, -0.05) is 36.4 Å². The van der Waals surface area contributed by atoms with Gasteiger partial charge in [-0.3, -0.25) is 38.8 Å². The number of fused-ring (bicyclic) bond motifs is 3. The van der Waals surface area contributed by atoms with E-state index < -0.39 is 25.0 Å². The molecule has 0 spiro atoms. The van der Waals surface area contributed by atoms with Crippen LogP contribution in [0.4, 0.5) is 0 Å². The van der Waals surface area contributed by atoms with Crippen LogP contribution in [0.25, 0.3) is 27.4 Å². The maximum Gasteiger partial charge on any atom is 0.489 e. The molecule has 1 aromatic heterocycles. The summed E-state index contributed by atoms with van der Waals surface area (Å²) in [5.41, 5.74) is 3.83. The quantitative estimate of drug-likeness (QED) is 0.0621. The van der Waals surface area contributed by atoms with Crippen LogP contribution < -0.4 is 10.0 Å². The van der Waals surface area contributed by atoms with E-state index in [1.807, 2.05) is 72.6 Å². The summed E-state index contributed by atoms with van der Waals surface area (Å²) in [5.74, 6) is -3.21. The van der Waals surface area contributed by atoms with Crippen LogP contribution in [0.2, 0.25) is 0 Å². The van der Waals surface area contributed by atoms with Gasteiger partial charge >= 0.3 is 25.0 Å². The second-order valence-corrected chi connectivity index (χ2v) is 14.9. The van der Waals surface area contributed by atoms with E-state index in [-0.39, 0.29) is 32.1 Å². The molecule has 1 aliphatic rings. The highest BCUT2D eigenvalue weighted by Crippen LogP contribution is 2.26. The highest BCUT2D eigenvalue weighted by molar-refractivity contribution is 6.59. The molecule has 5 N–H and O–H groups in total. The van der Waals surface area contributed by atoms with Crippen LogP contribution in [0, 0.1) is 0 Å².